The van der Waals surface area contributed by atoms with E-state index in [1.807, 2.05) is 17.5 Å². The molecular formula is C12H13N3O2S. The van der Waals surface area contributed by atoms with Crippen molar-refractivity contribution in [2.24, 2.45) is 0 Å². The minimum atomic E-state index is -0.375. The smallest absolute Gasteiger partial charge is 0.274 e. The normalized spacial score (nSPS) is 10.3. The fraction of sp³-hybridized carbons (Fsp3) is 0.167. The molecule has 2 rings (SSSR count). The number of anilines is 2. The van der Waals surface area contributed by atoms with Crippen LogP contribution in [0.1, 0.15) is 10.4 Å². The Hall–Kier alpha value is -2.08. The van der Waals surface area contributed by atoms with Crippen molar-refractivity contribution in [1.29, 1.82) is 0 Å². The van der Waals surface area contributed by atoms with Gasteiger partial charge in [-0.2, -0.15) is 0 Å². The molecule has 3 N–H and O–H groups in total. The van der Waals surface area contributed by atoms with Gasteiger partial charge in [0.05, 0.1) is 11.5 Å². The molecule has 1 aromatic heterocycles. The Balaban J connectivity index is 2.17. The van der Waals surface area contributed by atoms with Crippen molar-refractivity contribution in [3.8, 4) is 0 Å². The third kappa shape index (κ3) is 2.43. The van der Waals surface area contributed by atoms with E-state index in [9.17, 15) is 10.1 Å². The Morgan fingerprint density at radius 1 is 1.44 bits per heavy atom. The largest absolute Gasteiger partial charge is 0.398 e. The Kier molecular flexibility index (Phi) is 3.47. The molecule has 1 aromatic carbocycles. The Morgan fingerprint density at radius 3 is 2.83 bits per heavy atom. The van der Waals surface area contributed by atoms with Gasteiger partial charge in [0.1, 0.15) is 0 Å². The van der Waals surface area contributed by atoms with Gasteiger partial charge in [-0.3, -0.25) is 10.1 Å². The SMILES string of the molecule is Cc1c(NCc2sccc2N)cccc1[N+](=O)[O-]. The maximum atomic E-state index is 10.8. The Bertz CT molecular complexity index is 580. The Labute approximate surface area is 108 Å². The lowest BCUT2D eigenvalue weighted by molar-refractivity contribution is -0.385. The molecule has 0 radical (unpaired) electrons. The van der Waals surface area contributed by atoms with E-state index < -0.39 is 0 Å². The number of hydrogen-bond donors (Lipinski definition) is 2. The first-order valence-electron chi connectivity index (χ1n) is 5.39. The van der Waals surface area contributed by atoms with Gasteiger partial charge < -0.3 is 11.1 Å². The van der Waals surface area contributed by atoms with E-state index in [0.29, 0.717) is 12.1 Å². The fourth-order valence-corrected chi connectivity index (χ4v) is 2.42. The summed E-state index contributed by atoms with van der Waals surface area (Å²) >= 11 is 1.56. The number of thiophene rings is 1. The van der Waals surface area contributed by atoms with Crippen molar-refractivity contribution in [1.82, 2.24) is 0 Å². The number of nitro benzene ring substituents is 1. The highest BCUT2D eigenvalue weighted by atomic mass is 32.1. The molecule has 18 heavy (non-hydrogen) atoms. The summed E-state index contributed by atoms with van der Waals surface area (Å²) in [5.74, 6) is 0. The lowest BCUT2D eigenvalue weighted by Crippen LogP contribution is -2.03. The third-order valence-corrected chi connectivity index (χ3v) is 3.66. The van der Waals surface area contributed by atoms with E-state index in [4.69, 9.17) is 5.73 Å². The van der Waals surface area contributed by atoms with Gasteiger partial charge in [0, 0.05) is 27.9 Å². The number of nitrogens with zero attached hydrogens (tertiary/aromatic N) is 1. The zero-order valence-electron chi connectivity index (χ0n) is 9.84. The molecule has 0 aliphatic rings. The van der Waals surface area contributed by atoms with Gasteiger partial charge in [-0.1, -0.05) is 6.07 Å². The molecule has 0 aliphatic carbocycles. The molecule has 2 aromatic rings. The van der Waals surface area contributed by atoms with E-state index in [2.05, 4.69) is 5.32 Å². The molecule has 6 heteroatoms. The van der Waals surface area contributed by atoms with Crippen molar-refractivity contribution in [3.05, 3.63) is 50.2 Å². The van der Waals surface area contributed by atoms with Crippen LogP contribution >= 0.6 is 11.3 Å². The first-order chi connectivity index (χ1) is 8.59. The first kappa shape index (κ1) is 12.4. The summed E-state index contributed by atoms with van der Waals surface area (Å²) in [7, 11) is 0. The van der Waals surface area contributed by atoms with Crippen LogP contribution < -0.4 is 11.1 Å². The van der Waals surface area contributed by atoms with E-state index in [-0.39, 0.29) is 10.6 Å². The van der Waals surface area contributed by atoms with E-state index >= 15 is 0 Å². The molecule has 0 spiro atoms. The van der Waals surface area contributed by atoms with Gasteiger partial charge in [-0.05, 0) is 24.4 Å². The molecule has 1 heterocycles. The number of nitrogen functional groups attached to an aromatic ring is 1. The van der Waals surface area contributed by atoms with Crippen molar-refractivity contribution in [3.63, 3.8) is 0 Å². The highest BCUT2D eigenvalue weighted by molar-refractivity contribution is 7.10. The molecule has 0 aliphatic heterocycles. The summed E-state index contributed by atoms with van der Waals surface area (Å²) in [6.07, 6.45) is 0. The molecule has 0 fully saturated rings. The summed E-state index contributed by atoms with van der Waals surface area (Å²) in [6, 6.07) is 6.85. The summed E-state index contributed by atoms with van der Waals surface area (Å²) < 4.78 is 0. The van der Waals surface area contributed by atoms with Crippen LogP contribution in [0.4, 0.5) is 17.1 Å². The van der Waals surface area contributed by atoms with Crippen molar-refractivity contribution in [2.75, 3.05) is 11.1 Å². The standard InChI is InChI=1S/C12H13N3O2S/c1-8-10(3-2-4-11(8)15(16)17)14-7-12-9(13)5-6-18-12/h2-6,14H,7,13H2,1H3. The minimum Gasteiger partial charge on any atom is -0.398 e. The van der Waals surface area contributed by atoms with Gasteiger partial charge in [-0.25, -0.2) is 0 Å². The topological polar surface area (TPSA) is 81.2 Å². The van der Waals surface area contributed by atoms with Gasteiger partial charge in [0.15, 0.2) is 0 Å². The van der Waals surface area contributed by atoms with E-state index in [1.165, 1.54) is 6.07 Å². The zero-order valence-corrected chi connectivity index (χ0v) is 10.7. The number of nitro groups is 1. The number of hydrogen-bond acceptors (Lipinski definition) is 5. The highest BCUT2D eigenvalue weighted by Gasteiger charge is 2.13. The van der Waals surface area contributed by atoms with Gasteiger partial charge in [-0.15, -0.1) is 11.3 Å². The predicted molar refractivity (Wildman–Crippen MR) is 73.9 cm³/mol. The monoisotopic (exact) mass is 263 g/mol. The second-order valence-corrected chi connectivity index (χ2v) is 4.86. The van der Waals surface area contributed by atoms with Crippen LogP contribution in [0.25, 0.3) is 0 Å². The molecule has 0 unspecified atom stereocenters. The van der Waals surface area contributed by atoms with Crippen LogP contribution in [-0.2, 0) is 6.54 Å². The molecule has 0 saturated carbocycles. The van der Waals surface area contributed by atoms with Crippen molar-refractivity contribution in [2.45, 2.75) is 13.5 Å². The van der Waals surface area contributed by atoms with Crippen LogP contribution in [0.2, 0.25) is 0 Å². The van der Waals surface area contributed by atoms with Crippen LogP contribution in [0.5, 0.6) is 0 Å². The van der Waals surface area contributed by atoms with Crippen molar-refractivity contribution >= 4 is 28.4 Å². The third-order valence-electron chi connectivity index (χ3n) is 2.72. The lowest BCUT2D eigenvalue weighted by atomic mass is 10.1. The summed E-state index contributed by atoms with van der Waals surface area (Å²) in [4.78, 5) is 11.5. The quantitative estimate of drug-likeness (QED) is 0.655. The Morgan fingerprint density at radius 2 is 2.22 bits per heavy atom. The maximum absolute atomic E-state index is 10.8. The van der Waals surface area contributed by atoms with Crippen LogP contribution in [-0.4, -0.2) is 4.92 Å². The molecule has 0 atom stereocenters. The molecule has 0 saturated heterocycles. The van der Waals surface area contributed by atoms with E-state index in [1.54, 1.807) is 24.3 Å². The molecule has 0 bridgehead atoms. The zero-order chi connectivity index (χ0) is 13.1. The lowest BCUT2D eigenvalue weighted by Gasteiger charge is -2.09. The summed E-state index contributed by atoms with van der Waals surface area (Å²) in [5.41, 5.74) is 8.05. The second kappa shape index (κ2) is 5.05. The van der Waals surface area contributed by atoms with Gasteiger partial charge in [0.25, 0.3) is 5.69 Å². The maximum Gasteiger partial charge on any atom is 0.274 e. The summed E-state index contributed by atoms with van der Waals surface area (Å²) in [5, 5.41) is 15.9. The average molecular weight is 263 g/mol. The number of nitrogens with two attached hydrogens (primary N) is 1. The van der Waals surface area contributed by atoms with Crippen LogP contribution in [0.15, 0.2) is 29.6 Å². The number of benzene rings is 1. The summed E-state index contributed by atoms with van der Waals surface area (Å²) in [6.45, 7) is 2.31. The van der Waals surface area contributed by atoms with Crippen LogP contribution in [0.3, 0.4) is 0 Å². The molecule has 0 amide bonds. The minimum absolute atomic E-state index is 0.124. The highest BCUT2D eigenvalue weighted by Crippen LogP contribution is 2.26. The second-order valence-electron chi connectivity index (χ2n) is 3.86. The van der Waals surface area contributed by atoms with E-state index in [0.717, 1.165) is 16.3 Å². The van der Waals surface area contributed by atoms with Crippen LogP contribution in [0, 0.1) is 17.0 Å². The average Bonchev–Trinajstić information content (AvgIpc) is 2.73. The molecular weight excluding hydrogens is 250 g/mol. The molecule has 5 nitrogen and oxygen atoms in total. The van der Waals surface area contributed by atoms with Gasteiger partial charge >= 0.3 is 0 Å². The fourth-order valence-electron chi connectivity index (χ4n) is 1.68. The predicted octanol–water partition coefficient (Wildman–Crippen LogP) is 3.16. The number of rotatable bonds is 4. The van der Waals surface area contributed by atoms with Gasteiger partial charge in [0.2, 0.25) is 0 Å². The number of nitrogens with one attached hydrogen (secondary N) is 1. The first-order valence-corrected chi connectivity index (χ1v) is 6.27. The van der Waals surface area contributed by atoms with Crippen molar-refractivity contribution < 1.29 is 4.92 Å². The molecule has 94 valence electrons.